The first-order valence-corrected chi connectivity index (χ1v) is 7.25. The number of hydrogen-bond donors (Lipinski definition) is 1. The predicted molar refractivity (Wildman–Crippen MR) is 72.6 cm³/mol. The van der Waals surface area contributed by atoms with Gasteiger partial charge >= 0.3 is 0 Å². The van der Waals surface area contributed by atoms with Crippen molar-refractivity contribution in [3.05, 3.63) is 35.4 Å². The van der Waals surface area contributed by atoms with Crippen LogP contribution in [0.5, 0.6) is 0 Å². The maximum absolute atomic E-state index is 10.5. The lowest BCUT2D eigenvalue weighted by molar-refractivity contribution is -0.921. The summed E-state index contributed by atoms with van der Waals surface area (Å²) in [5.41, 5.74) is 2.10. The Balaban J connectivity index is 1.89. The Morgan fingerprint density at radius 1 is 1.16 bits per heavy atom. The molecule has 1 unspecified atom stereocenters. The first-order valence-electron chi connectivity index (χ1n) is 7.25. The van der Waals surface area contributed by atoms with Crippen molar-refractivity contribution in [3.8, 4) is 0 Å². The molecule has 1 aromatic rings. The molecule has 3 nitrogen and oxygen atoms in total. The van der Waals surface area contributed by atoms with Crippen LogP contribution in [0.2, 0.25) is 0 Å². The van der Waals surface area contributed by atoms with E-state index < -0.39 is 5.97 Å². The fourth-order valence-corrected chi connectivity index (χ4v) is 3.00. The molecule has 104 valence electrons. The Hall–Kier alpha value is -1.35. The third-order valence-corrected chi connectivity index (χ3v) is 4.16. The summed E-state index contributed by atoms with van der Waals surface area (Å²) in [6, 6.07) is 8.69. The number of carboxylic acid groups (broad SMARTS) is 1. The van der Waals surface area contributed by atoms with Crippen molar-refractivity contribution in [2.75, 3.05) is 7.05 Å². The quantitative estimate of drug-likeness (QED) is 0.830. The van der Waals surface area contributed by atoms with E-state index >= 15 is 0 Å². The molecule has 1 aliphatic rings. The van der Waals surface area contributed by atoms with Crippen molar-refractivity contribution in [2.45, 2.75) is 51.1 Å². The Kier molecular flexibility index (Phi) is 4.97. The van der Waals surface area contributed by atoms with E-state index in [1.807, 2.05) is 24.3 Å². The third-order valence-electron chi connectivity index (χ3n) is 4.16. The molecule has 3 heteroatoms. The highest BCUT2D eigenvalue weighted by molar-refractivity contribution is 5.67. The van der Waals surface area contributed by atoms with E-state index in [0.717, 1.165) is 18.2 Å². The first-order chi connectivity index (χ1) is 9.15. The summed E-state index contributed by atoms with van der Waals surface area (Å²) in [5.74, 6) is -1.02. The molecule has 1 N–H and O–H groups in total. The standard InChI is InChI=1S/C16H23NO2/c1-17(15-5-3-2-4-6-15)12-14-9-7-13(8-10-14)11-16(18)19/h7-10,15H,2-6,11-12H2,1H3,(H,18,19). The molecule has 0 saturated heterocycles. The van der Waals surface area contributed by atoms with Gasteiger partial charge in [-0.1, -0.05) is 30.7 Å². The minimum Gasteiger partial charge on any atom is -0.550 e. The zero-order valence-electron chi connectivity index (χ0n) is 11.7. The molecular weight excluding hydrogens is 238 g/mol. The van der Waals surface area contributed by atoms with Crippen LogP contribution in [0.4, 0.5) is 0 Å². The number of aliphatic carboxylic acids is 1. The first kappa shape index (κ1) is 14.1. The molecule has 0 spiro atoms. The minimum atomic E-state index is -1.02. The molecule has 0 heterocycles. The molecule has 1 fully saturated rings. The highest BCUT2D eigenvalue weighted by Gasteiger charge is 2.21. The van der Waals surface area contributed by atoms with E-state index in [1.54, 1.807) is 4.90 Å². The molecular formula is C16H23NO2. The van der Waals surface area contributed by atoms with Gasteiger partial charge in [-0.15, -0.1) is 0 Å². The van der Waals surface area contributed by atoms with Crippen molar-refractivity contribution >= 4 is 5.97 Å². The summed E-state index contributed by atoms with van der Waals surface area (Å²) in [4.78, 5) is 12.1. The highest BCUT2D eigenvalue weighted by atomic mass is 16.4. The molecule has 0 bridgehead atoms. The van der Waals surface area contributed by atoms with Crippen LogP contribution < -0.4 is 10.0 Å². The number of nitrogens with one attached hydrogen (secondary N) is 1. The second-order valence-electron chi connectivity index (χ2n) is 5.72. The zero-order chi connectivity index (χ0) is 13.7. The topological polar surface area (TPSA) is 44.6 Å². The van der Waals surface area contributed by atoms with Gasteiger partial charge < -0.3 is 14.8 Å². The van der Waals surface area contributed by atoms with Gasteiger partial charge in [0, 0.05) is 18.0 Å². The maximum atomic E-state index is 10.5. The predicted octanol–water partition coefficient (Wildman–Crippen LogP) is 0.326. The van der Waals surface area contributed by atoms with Crippen molar-refractivity contribution in [3.63, 3.8) is 0 Å². The highest BCUT2D eigenvalue weighted by Crippen LogP contribution is 2.15. The van der Waals surface area contributed by atoms with Crippen LogP contribution in [0.25, 0.3) is 0 Å². The van der Waals surface area contributed by atoms with Crippen molar-refractivity contribution in [1.29, 1.82) is 0 Å². The van der Waals surface area contributed by atoms with Gasteiger partial charge in [-0.25, -0.2) is 0 Å². The number of rotatable bonds is 5. The Morgan fingerprint density at radius 3 is 2.32 bits per heavy atom. The minimum absolute atomic E-state index is 0.00556. The number of benzene rings is 1. The average Bonchev–Trinajstić information content (AvgIpc) is 2.41. The Bertz CT molecular complexity index is 407. The van der Waals surface area contributed by atoms with Crippen molar-refractivity contribution in [1.82, 2.24) is 0 Å². The van der Waals surface area contributed by atoms with Gasteiger partial charge in [0.15, 0.2) is 0 Å². The fraction of sp³-hybridized carbons (Fsp3) is 0.562. The van der Waals surface area contributed by atoms with Crippen LogP contribution in [0.3, 0.4) is 0 Å². The van der Waals surface area contributed by atoms with Gasteiger partial charge in [0.25, 0.3) is 0 Å². The smallest absolute Gasteiger partial charge is 0.103 e. The van der Waals surface area contributed by atoms with Crippen LogP contribution in [-0.2, 0) is 17.8 Å². The molecule has 1 aromatic carbocycles. The van der Waals surface area contributed by atoms with E-state index in [0.29, 0.717) is 0 Å². The fourth-order valence-electron chi connectivity index (χ4n) is 3.00. The number of carbonyl (C=O) groups excluding carboxylic acids is 1. The normalized spacial score (nSPS) is 18.2. The monoisotopic (exact) mass is 261 g/mol. The summed E-state index contributed by atoms with van der Waals surface area (Å²) < 4.78 is 0. The zero-order valence-corrected chi connectivity index (χ0v) is 11.7. The lowest BCUT2D eigenvalue weighted by Crippen LogP contribution is -3.11. The number of hydrogen-bond acceptors (Lipinski definition) is 2. The summed E-state index contributed by atoms with van der Waals surface area (Å²) in [7, 11) is 2.27. The summed E-state index contributed by atoms with van der Waals surface area (Å²) >= 11 is 0. The lowest BCUT2D eigenvalue weighted by atomic mass is 9.94. The van der Waals surface area contributed by atoms with E-state index in [-0.39, 0.29) is 6.42 Å². The van der Waals surface area contributed by atoms with Crippen LogP contribution in [0, 0.1) is 0 Å². The maximum Gasteiger partial charge on any atom is 0.103 e. The van der Waals surface area contributed by atoms with E-state index in [2.05, 4.69) is 7.05 Å². The van der Waals surface area contributed by atoms with Crippen LogP contribution >= 0.6 is 0 Å². The molecule has 1 atom stereocenters. The Labute approximate surface area is 115 Å². The summed E-state index contributed by atoms with van der Waals surface area (Å²) in [5, 5.41) is 10.5. The molecule has 0 radical (unpaired) electrons. The Morgan fingerprint density at radius 2 is 1.74 bits per heavy atom. The molecule has 0 aliphatic heterocycles. The van der Waals surface area contributed by atoms with Gasteiger partial charge in [-0.2, -0.15) is 0 Å². The van der Waals surface area contributed by atoms with Gasteiger partial charge in [0.1, 0.15) is 6.54 Å². The van der Waals surface area contributed by atoms with Crippen molar-refractivity contribution in [2.24, 2.45) is 0 Å². The van der Waals surface area contributed by atoms with E-state index in [1.165, 1.54) is 37.7 Å². The van der Waals surface area contributed by atoms with Crippen LogP contribution in [0.15, 0.2) is 24.3 Å². The molecule has 0 aromatic heterocycles. The van der Waals surface area contributed by atoms with Crippen LogP contribution in [0.1, 0.15) is 43.2 Å². The van der Waals surface area contributed by atoms with E-state index in [9.17, 15) is 9.90 Å². The molecule has 2 rings (SSSR count). The summed E-state index contributed by atoms with van der Waals surface area (Å²) in [6.45, 7) is 1.02. The SMILES string of the molecule is C[NH+](Cc1ccc(CC(=O)[O-])cc1)C1CCCCC1. The average molecular weight is 261 g/mol. The van der Waals surface area contributed by atoms with Gasteiger partial charge in [0.05, 0.1) is 13.1 Å². The lowest BCUT2D eigenvalue weighted by Gasteiger charge is -2.28. The molecule has 1 aliphatic carbocycles. The number of carbonyl (C=O) groups is 1. The second kappa shape index (κ2) is 6.71. The molecule has 1 saturated carbocycles. The number of carboxylic acids is 1. The van der Waals surface area contributed by atoms with Crippen molar-refractivity contribution < 1.29 is 14.8 Å². The van der Waals surface area contributed by atoms with Crippen LogP contribution in [-0.4, -0.2) is 19.1 Å². The second-order valence-corrected chi connectivity index (χ2v) is 5.72. The largest absolute Gasteiger partial charge is 0.550 e. The van der Waals surface area contributed by atoms with Gasteiger partial charge in [-0.3, -0.25) is 0 Å². The summed E-state index contributed by atoms with van der Waals surface area (Å²) in [6.07, 6.45) is 6.82. The molecule has 19 heavy (non-hydrogen) atoms. The van der Waals surface area contributed by atoms with Gasteiger partial charge in [0.2, 0.25) is 0 Å². The van der Waals surface area contributed by atoms with E-state index in [4.69, 9.17) is 0 Å². The van der Waals surface area contributed by atoms with Gasteiger partial charge in [-0.05, 0) is 31.2 Å². The third kappa shape index (κ3) is 4.35. The number of quaternary nitrogens is 1. The molecule has 0 amide bonds.